The number of imide groups is 1. The Balaban J connectivity index is 1.39. The van der Waals surface area contributed by atoms with Gasteiger partial charge < -0.3 is 10.1 Å². The number of aryl methyl sites for hydroxylation is 2. The van der Waals surface area contributed by atoms with Crippen molar-refractivity contribution in [3.63, 3.8) is 0 Å². The Kier molecular flexibility index (Phi) is 8.10. The van der Waals surface area contributed by atoms with Gasteiger partial charge in [-0.3, -0.25) is 19.3 Å². The third-order valence-electron chi connectivity index (χ3n) is 5.53. The lowest BCUT2D eigenvalue weighted by molar-refractivity contribution is -0.127. The molecule has 0 saturated carbocycles. The first-order valence-electron chi connectivity index (χ1n) is 11.0. The normalized spacial score (nSPS) is 14.4. The van der Waals surface area contributed by atoms with Crippen molar-refractivity contribution in [1.82, 2.24) is 4.90 Å². The molecular weight excluding hydrogens is 594 g/mol. The predicted octanol–water partition coefficient (Wildman–Crippen LogP) is 6.30. The van der Waals surface area contributed by atoms with Crippen LogP contribution in [0.5, 0.6) is 5.75 Å². The summed E-state index contributed by atoms with van der Waals surface area (Å²) in [6.07, 6.45) is 1.62. The van der Waals surface area contributed by atoms with E-state index >= 15 is 0 Å². The molecule has 1 N–H and O–H groups in total. The second-order valence-corrected chi connectivity index (χ2v) is 10.4. The van der Waals surface area contributed by atoms with Crippen LogP contribution in [0, 0.1) is 23.2 Å². The fourth-order valence-corrected chi connectivity index (χ4v) is 4.95. The molecular formula is C27H22FIN2O4S. The van der Waals surface area contributed by atoms with Gasteiger partial charge in [-0.2, -0.15) is 0 Å². The smallest absolute Gasteiger partial charge is 0.294 e. The van der Waals surface area contributed by atoms with Crippen molar-refractivity contribution in [2.75, 3.05) is 11.9 Å². The molecule has 9 heteroatoms. The van der Waals surface area contributed by atoms with E-state index in [2.05, 4.69) is 27.9 Å². The molecule has 36 heavy (non-hydrogen) atoms. The number of nitrogens with zero attached hydrogens (tertiary/aromatic N) is 1. The summed E-state index contributed by atoms with van der Waals surface area (Å²) in [6.45, 7) is 3.85. The van der Waals surface area contributed by atoms with E-state index < -0.39 is 17.1 Å². The maximum absolute atomic E-state index is 13.1. The van der Waals surface area contributed by atoms with Gasteiger partial charge >= 0.3 is 0 Å². The fourth-order valence-electron chi connectivity index (χ4n) is 3.42. The molecule has 1 aliphatic rings. The number of hydrogen-bond acceptors (Lipinski definition) is 5. The number of rotatable bonds is 7. The van der Waals surface area contributed by atoms with Crippen molar-refractivity contribution in [2.45, 2.75) is 20.5 Å². The topological polar surface area (TPSA) is 75.7 Å². The van der Waals surface area contributed by atoms with Crippen LogP contribution in [0.1, 0.15) is 22.3 Å². The Morgan fingerprint density at radius 3 is 2.50 bits per heavy atom. The van der Waals surface area contributed by atoms with Gasteiger partial charge in [0.25, 0.3) is 11.1 Å². The standard InChI is InChI=1S/C27H22FIN2O4S/c1-16-3-9-21(11-17(16)2)30-25(32)14-31-26(33)24(36-27(31)34)13-19-6-10-23(22(29)12-19)35-15-18-4-7-20(28)8-5-18/h3-13H,14-15H2,1-2H3,(H,30,32)/b24-13+. The molecule has 0 aliphatic carbocycles. The summed E-state index contributed by atoms with van der Waals surface area (Å²) in [5.41, 5.74) is 4.31. The van der Waals surface area contributed by atoms with Crippen LogP contribution in [-0.4, -0.2) is 28.5 Å². The summed E-state index contributed by atoms with van der Waals surface area (Å²) in [6, 6.07) is 17.0. The van der Waals surface area contributed by atoms with Gasteiger partial charge in [0.05, 0.1) is 8.48 Å². The molecule has 1 aliphatic heterocycles. The van der Waals surface area contributed by atoms with Crippen LogP contribution < -0.4 is 10.1 Å². The van der Waals surface area contributed by atoms with Gasteiger partial charge in [-0.05, 0) is 113 Å². The number of hydrogen-bond donors (Lipinski definition) is 1. The van der Waals surface area contributed by atoms with Gasteiger partial charge in [0.2, 0.25) is 5.91 Å². The Labute approximate surface area is 226 Å². The van der Waals surface area contributed by atoms with Crippen LogP contribution in [0.3, 0.4) is 0 Å². The van der Waals surface area contributed by atoms with E-state index in [4.69, 9.17) is 4.74 Å². The molecule has 0 unspecified atom stereocenters. The van der Waals surface area contributed by atoms with Crippen molar-refractivity contribution in [3.05, 3.63) is 97.2 Å². The molecule has 0 radical (unpaired) electrons. The van der Waals surface area contributed by atoms with Crippen LogP contribution in [0.15, 0.2) is 65.6 Å². The van der Waals surface area contributed by atoms with E-state index in [0.717, 1.165) is 42.5 Å². The quantitative estimate of drug-likeness (QED) is 0.249. The summed E-state index contributed by atoms with van der Waals surface area (Å²) >= 11 is 2.93. The zero-order valence-electron chi connectivity index (χ0n) is 19.5. The van der Waals surface area contributed by atoms with Crippen LogP contribution in [0.2, 0.25) is 0 Å². The summed E-state index contributed by atoms with van der Waals surface area (Å²) in [5.74, 6) is -0.608. The average molecular weight is 616 g/mol. The molecule has 3 aromatic carbocycles. The van der Waals surface area contributed by atoms with E-state index in [9.17, 15) is 18.8 Å². The molecule has 0 aromatic heterocycles. The Hall–Kier alpha value is -3.18. The maximum Gasteiger partial charge on any atom is 0.294 e. The number of carbonyl (C=O) groups is 3. The number of halogens is 2. The van der Waals surface area contributed by atoms with Gasteiger partial charge in [0, 0.05) is 5.69 Å². The highest BCUT2D eigenvalue weighted by molar-refractivity contribution is 14.1. The van der Waals surface area contributed by atoms with Gasteiger partial charge in [-0.15, -0.1) is 0 Å². The lowest BCUT2D eigenvalue weighted by Crippen LogP contribution is -2.36. The third-order valence-corrected chi connectivity index (χ3v) is 7.28. The number of carbonyl (C=O) groups excluding carboxylic acids is 3. The molecule has 184 valence electrons. The summed E-state index contributed by atoms with van der Waals surface area (Å²) in [4.78, 5) is 38.9. The highest BCUT2D eigenvalue weighted by Crippen LogP contribution is 2.33. The Bertz CT molecular complexity index is 1370. The van der Waals surface area contributed by atoms with Gasteiger partial charge in [-0.25, -0.2) is 4.39 Å². The van der Waals surface area contributed by atoms with Crippen molar-refractivity contribution >= 4 is 63.2 Å². The zero-order valence-corrected chi connectivity index (χ0v) is 22.5. The summed E-state index contributed by atoms with van der Waals surface area (Å²) < 4.78 is 19.7. The zero-order chi connectivity index (χ0) is 25.8. The molecule has 0 atom stereocenters. The van der Waals surface area contributed by atoms with Gasteiger partial charge in [0.15, 0.2) is 0 Å². The molecule has 3 aromatic rings. The molecule has 0 bridgehead atoms. The second kappa shape index (κ2) is 11.3. The SMILES string of the molecule is Cc1ccc(NC(=O)CN2C(=O)S/C(=C/c3ccc(OCc4ccc(F)cc4)c(I)c3)C2=O)cc1C. The Morgan fingerprint density at radius 2 is 1.81 bits per heavy atom. The number of amides is 3. The van der Waals surface area contributed by atoms with Crippen molar-refractivity contribution in [1.29, 1.82) is 0 Å². The minimum Gasteiger partial charge on any atom is -0.488 e. The van der Waals surface area contributed by atoms with Crippen LogP contribution >= 0.6 is 34.4 Å². The Morgan fingerprint density at radius 1 is 1.06 bits per heavy atom. The van der Waals surface area contributed by atoms with E-state index in [0.29, 0.717) is 18.0 Å². The second-order valence-electron chi connectivity index (χ2n) is 8.22. The van der Waals surface area contributed by atoms with Gasteiger partial charge in [0.1, 0.15) is 24.7 Å². The van der Waals surface area contributed by atoms with E-state index in [1.54, 1.807) is 36.4 Å². The molecule has 1 heterocycles. The minimum absolute atomic E-state index is 0.245. The number of nitrogens with one attached hydrogen (secondary N) is 1. The van der Waals surface area contributed by atoms with Crippen LogP contribution in [0.25, 0.3) is 6.08 Å². The highest BCUT2D eigenvalue weighted by atomic mass is 127. The van der Waals surface area contributed by atoms with E-state index in [1.165, 1.54) is 12.1 Å². The van der Waals surface area contributed by atoms with Crippen LogP contribution in [-0.2, 0) is 16.2 Å². The number of thioether (sulfide) groups is 1. The monoisotopic (exact) mass is 616 g/mol. The molecule has 0 spiro atoms. The number of benzene rings is 3. The minimum atomic E-state index is -0.508. The predicted molar refractivity (Wildman–Crippen MR) is 147 cm³/mol. The van der Waals surface area contributed by atoms with E-state index in [1.807, 2.05) is 32.0 Å². The first-order valence-corrected chi connectivity index (χ1v) is 12.9. The van der Waals surface area contributed by atoms with Crippen LogP contribution in [0.4, 0.5) is 14.9 Å². The lowest BCUT2D eigenvalue weighted by Gasteiger charge is -2.13. The largest absolute Gasteiger partial charge is 0.488 e. The fraction of sp³-hybridized carbons (Fsp3) is 0.148. The van der Waals surface area contributed by atoms with Crippen molar-refractivity contribution in [3.8, 4) is 5.75 Å². The first-order chi connectivity index (χ1) is 17.2. The maximum atomic E-state index is 13.1. The number of ether oxygens (including phenoxy) is 1. The highest BCUT2D eigenvalue weighted by Gasteiger charge is 2.36. The van der Waals surface area contributed by atoms with Crippen molar-refractivity contribution in [2.24, 2.45) is 0 Å². The average Bonchev–Trinajstić information content (AvgIpc) is 3.09. The summed E-state index contributed by atoms with van der Waals surface area (Å²) in [5, 5.41) is 2.25. The molecule has 4 rings (SSSR count). The first kappa shape index (κ1) is 25.9. The molecule has 3 amide bonds. The molecule has 1 saturated heterocycles. The van der Waals surface area contributed by atoms with Gasteiger partial charge in [-0.1, -0.05) is 24.3 Å². The third kappa shape index (κ3) is 6.33. The van der Waals surface area contributed by atoms with Crippen molar-refractivity contribution < 1.29 is 23.5 Å². The summed E-state index contributed by atoms with van der Waals surface area (Å²) in [7, 11) is 0. The van der Waals surface area contributed by atoms with E-state index in [-0.39, 0.29) is 17.3 Å². The molecule has 1 fully saturated rings. The molecule has 6 nitrogen and oxygen atoms in total. The lowest BCUT2D eigenvalue weighted by atomic mass is 10.1. The number of anilines is 1.